The second-order valence-corrected chi connectivity index (χ2v) is 7.87. The van der Waals surface area contributed by atoms with Gasteiger partial charge in [0.1, 0.15) is 11.5 Å². The van der Waals surface area contributed by atoms with Crippen LogP contribution in [0.2, 0.25) is 0 Å². The van der Waals surface area contributed by atoms with Gasteiger partial charge in [-0.05, 0) is 56.9 Å². The number of fused-ring (bicyclic) bond motifs is 1. The average molecular weight is 438 g/mol. The molecule has 2 heterocycles. The first-order valence-corrected chi connectivity index (χ1v) is 10.5. The summed E-state index contributed by atoms with van der Waals surface area (Å²) in [6, 6.07) is 11.4. The fourth-order valence-corrected chi connectivity index (χ4v) is 3.91. The summed E-state index contributed by atoms with van der Waals surface area (Å²) in [7, 11) is 3.79. The van der Waals surface area contributed by atoms with Crippen LogP contribution in [0.15, 0.2) is 48.0 Å². The zero-order chi connectivity index (χ0) is 22.8. The monoisotopic (exact) mass is 438 g/mol. The fraction of sp³-hybridized carbons (Fsp3) is 0.333. The molecule has 0 bridgehead atoms. The van der Waals surface area contributed by atoms with Gasteiger partial charge in [-0.2, -0.15) is 0 Å². The molecule has 2 aromatic rings. The van der Waals surface area contributed by atoms with Gasteiger partial charge in [-0.3, -0.25) is 9.59 Å². The fourth-order valence-electron chi connectivity index (χ4n) is 3.91. The molecule has 0 aliphatic carbocycles. The van der Waals surface area contributed by atoms with Crippen molar-refractivity contribution < 1.29 is 28.9 Å². The number of hydrogen-bond acceptors (Lipinski definition) is 7. The van der Waals surface area contributed by atoms with Crippen molar-refractivity contribution in [2.45, 2.75) is 13.0 Å². The summed E-state index contributed by atoms with van der Waals surface area (Å²) in [5.74, 6) is 0.0681. The van der Waals surface area contributed by atoms with E-state index in [0.29, 0.717) is 48.1 Å². The molecular formula is C24H26N2O6. The van der Waals surface area contributed by atoms with Crippen molar-refractivity contribution in [2.75, 3.05) is 40.6 Å². The van der Waals surface area contributed by atoms with Crippen LogP contribution in [0.4, 0.5) is 0 Å². The highest BCUT2D eigenvalue weighted by Crippen LogP contribution is 2.41. The predicted molar refractivity (Wildman–Crippen MR) is 118 cm³/mol. The number of likely N-dealkylation sites (N-methyl/N-ethyl adjacent to an activating group) is 1. The Labute approximate surface area is 186 Å². The standard InChI is InChI=1S/C24H26N2O6/c1-4-30-17-7-5-6-15(12-17)21-20(23(28)24(29)26(21)11-10-25(2)3)22(27)16-8-9-18-19(13-16)32-14-31-18/h5-9,12-13,21,27H,4,10-11,14H2,1-3H3. The van der Waals surface area contributed by atoms with Crippen LogP contribution < -0.4 is 14.2 Å². The highest BCUT2D eigenvalue weighted by Gasteiger charge is 2.46. The molecule has 2 aliphatic rings. The van der Waals surface area contributed by atoms with Crippen molar-refractivity contribution >= 4 is 17.4 Å². The third-order valence-corrected chi connectivity index (χ3v) is 5.46. The number of aliphatic hydroxyl groups is 1. The average Bonchev–Trinajstić information content (AvgIpc) is 3.34. The van der Waals surface area contributed by atoms with E-state index >= 15 is 0 Å². The zero-order valence-corrected chi connectivity index (χ0v) is 18.3. The predicted octanol–water partition coefficient (Wildman–Crippen LogP) is 2.80. The van der Waals surface area contributed by atoms with Crippen LogP contribution in [0, 0.1) is 0 Å². The van der Waals surface area contributed by atoms with Crippen LogP contribution in [0.5, 0.6) is 17.2 Å². The molecule has 1 N–H and O–H groups in total. The first-order valence-electron chi connectivity index (χ1n) is 10.5. The molecule has 1 amide bonds. The van der Waals surface area contributed by atoms with E-state index in [2.05, 4.69) is 0 Å². The summed E-state index contributed by atoms with van der Waals surface area (Å²) in [5, 5.41) is 11.2. The van der Waals surface area contributed by atoms with Gasteiger partial charge < -0.3 is 29.1 Å². The molecule has 168 valence electrons. The van der Waals surface area contributed by atoms with E-state index in [4.69, 9.17) is 14.2 Å². The molecule has 8 heteroatoms. The summed E-state index contributed by atoms with van der Waals surface area (Å²) in [5.41, 5.74) is 1.11. The molecule has 1 atom stereocenters. The molecule has 1 fully saturated rings. The van der Waals surface area contributed by atoms with Gasteiger partial charge in [-0.1, -0.05) is 12.1 Å². The maximum absolute atomic E-state index is 13.1. The number of rotatable bonds is 7. The molecule has 1 saturated heterocycles. The van der Waals surface area contributed by atoms with Crippen molar-refractivity contribution in [1.29, 1.82) is 0 Å². The lowest BCUT2D eigenvalue weighted by molar-refractivity contribution is -0.140. The molecular weight excluding hydrogens is 412 g/mol. The van der Waals surface area contributed by atoms with Crippen LogP contribution in [0.1, 0.15) is 24.1 Å². The number of carbonyl (C=O) groups is 2. The topological polar surface area (TPSA) is 88.5 Å². The highest BCUT2D eigenvalue weighted by molar-refractivity contribution is 6.46. The lowest BCUT2D eigenvalue weighted by Gasteiger charge is -2.27. The van der Waals surface area contributed by atoms with E-state index in [-0.39, 0.29) is 18.1 Å². The molecule has 4 rings (SSSR count). The molecule has 0 radical (unpaired) electrons. The maximum atomic E-state index is 13.1. The third-order valence-electron chi connectivity index (χ3n) is 5.46. The van der Waals surface area contributed by atoms with Gasteiger partial charge in [0.15, 0.2) is 11.5 Å². The number of likely N-dealkylation sites (tertiary alicyclic amines) is 1. The normalized spacial score (nSPS) is 19.1. The molecule has 1 unspecified atom stereocenters. The number of benzene rings is 2. The minimum Gasteiger partial charge on any atom is -0.507 e. The molecule has 32 heavy (non-hydrogen) atoms. The Kier molecular flexibility index (Phi) is 6.05. The van der Waals surface area contributed by atoms with Crippen molar-refractivity contribution in [3.63, 3.8) is 0 Å². The van der Waals surface area contributed by atoms with Gasteiger partial charge in [0.25, 0.3) is 11.7 Å². The van der Waals surface area contributed by atoms with Crippen molar-refractivity contribution in [2.24, 2.45) is 0 Å². The van der Waals surface area contributed by atoms with E-state index < -0.39 is 17.7 Å². The molecule has 8 nitrogen and oxygen atoms in total. The number of hydrogen-bond donors (Lipinski definition) is 1. The largest absolute Gasteiger partial charge is 0.507 e. The molecule has 2 aliphatic heterocycles. The van der Waals surface area contributed by atoms with Crippen molar-refractivity contribution in [3.05, 3.63) is 59.2 Å². The lowest BCUT2D eigenvalue weighted by atomic mass is 9.95. The number of amides is 1. The van der Waals surface area contributed by atoms with E-state index in [0.717, 1.165) is 0 Å². The first kappa shape index (κ1) is 21.7. The Morgan fingerprint density at radius 1 is 1.16 bits per heavy atom. The molecule has 0 spiro atoms. The molecule has 2 aromatic carbocycles. The van der Waals surface area contributed by atoms with Crippen LogP contribution in [0.25, 0.3) is 5.76 Å². The van der Waals surface area contributed by atoms with Gasteiger partial charge in [0.05, 0.1) is 18.2 Å². The van der Waals surface area contributed by atoms with E-state index in [9.17, 15) is 14.7 Å². The smallest absolute Gasteiger partial charge is 0.295 e. The SMILES string of the molecule is CCOc1cccc(C2C(=C(O)c3ccc4c(c3)OCO4)C(=O)C(=O)N2CCN(C)C)c1. The van der Waals surface area contributed by atoms with Crippen LogP contribution >= 0.6 is 0 Å². The summed E-state index contributed by atoms with van der Waals surface area (Å²) in [6.07, 6.45) is 0. The van der Waals surface area contributed by atoms with Crippen molar-refractivity contribution in [1.82, 2.24) is 9.80 Å². The number of carbonyl (C=O) groups excluding carboxylic acids is 2. The molecule has 0 aromatic heterocycles. The van der Waals surface area contributed by atoms with Gasteiger partial charge in [-0.15, -0.1) is 0 Å². The van der Waals surface area contributed by atoms with Gasteiger partial charge >= 0.3 is 0 Å². The van der Waals surface area contributed by atoms with Crippen LogP contribution in [-0.4, -0.2) is 67.2 Å². The quantitative estimate of drug-likeness (QED) is 0.404. The van der Waals surface area contributed by atoms with Gasteiger partial charge in [-0.25, -0.2) is 0 Å². The minimum absolute atomic E-state index is 0.0428. The van der Waals surface area contributed by atoms with Gasteiger partial charge in [0, 0.05) is 18.7 Å². The summed E-state index contributed by atoms with van der Waals surface area (Å²) in [4.78, 5) is 29.5. The Morgan fingerprint density at radius 3 is 2.69 bits per heavy atom. The Hall–Kier alpha value is -3.52. The minimum atomic E-state index is -0.735. The maximum Gasteiger partial charge on any atom is 0.295 e. The second-order valence-electron chi connectivity index (χ2n) is 7.87. The number of Topliss-reactive ketones (excluding diaryl/α,β-unsaturated/α-hetero) is 1. The Balaban J connectivity index is 1.82. The van der Waals surface area contributed by atoms with E-state index in [1.54, 1.807) is 24.3 Å². The number of aliphatic hydroxyl groups excluding tert-OH is 1. The summed E-state index contributed by atoms with van der Waals surface area (Å²) in [6.45, 7) is 3.37. The van der Waals surface area contributed by atoms with E-state index in [1.165, 1.54) is 4.90 Å². The number of ether oxygens (including phenoxy) is 3. The third kappa shape index (κ3) is 4.01. The van der Waals surface area contributed by atoms with Crippen LogP contribution in [0.3, 0.4) is 0 Å². The number of nitrogens with zero attached hydrogens (tertiary/aromatic N) is 2. The second kappa shape index (κ2) is 8.92. The Bertz CT molecular complexity index is 1080. The van der Waals surface area contributed by atoms with Crippen molar-refractivity contribution in [3.8, 4) is 17.2 Å². The summed E-state index contributed by atoms with van der Waals surface area (Å²) >= 11 is 0. The van der Waals surface area contributed by atoms with Gasteiger partial charge in [0.2, 0.25) is 6.79 Å². The Morgan fingerprint density at radius 2 is 1.94 bits per heavy atom. The summed E-state index contributed by atoms with van der Waals surface area (Å²) < 4.78 is 16.3. The zero-order valence-electron chi connectivity index (χ0n) is 18.3. The van der Waals surface area contributed by atoms with Crippen LogP contribution in [-0.2, 0) is 9.59 Å². The molecule has 0 saturated carbocycles. The number of ketones is 1. The highest BCUT2D eigenvalue weighted by atomic mass is 16.7. The van der Waals surface area contributed by atoms with E-state index in [1.807, 2.05) is 44.1 Å². The lowest BCUT2D eigenvalue weighted by Crippen LogP contribution is -2.35. The first-order chi connectivity index (χ1) is 15.4.